The molecule has 6 heteroatoms. The molecule has 1 aliphatic carbocycles. The van der Waals surface area contributed by atoms with Gasteiger partial charge in [-0.05, 0) is 74.9 Å². The lowest BCUT2D eigenvalue weighted by Crippen LogP contribution is -2.44. The Bertz CT molecular complexity index is 1620. The lowest BCUT2D eigenvalue weighted by Gasteiger charge is -2.44. The maximum absolute atomic E-state index is 13.5. The van der Waals surface area contributed by atoms with Gasteiger partial charge in [-0.25, -0.2) is 0 Å². The minimum atomic E-state index is -0.307. The number of para-hydroxylation sites is 1. The van der Waals surface area contributed by atoms with Crippen molar-refractivity contribution in [3.63, 3.8) is 0 Å². The van der Waals surface area contributed by atoms with Gasteiger partial charge in [-0.15, -0.1) is 0 Å². The fourth-order valence-electron chi connectivity index (χ4n) is 7.21. The van der Waals surface area contributed by atoms with E-state index in [2.05, 4.69) is 40.0 Å². The topological polar surface area (TPSA) is 58.8 Å². The van der Waals surface area contributed by atoms with Gasteiger partial charge in [0.15, 0.2) is 0 Å². The summed E-state index contributed by atoms with van der Waals surface area (Å²) in [5, 5.41) is 3.63. The van der Waals surface area contributed by atoms with E-state index in [1.165, 1.54) is 24.1 Å². The van der Waals surface area contributed by atoms with Crippen molar-refractivity contribution in [2.24, 2.45) is 12.5 Å². The van der Waals surface area contributed by atoms with E-state index in [0.717, 1.165) is 59.9 Å². The summed E-state index contributed by atoms with van der Waals surface area (Å²) in [6.45, 7) is 2.23. The summed E-state index contributed by atoms with van der Waals surface area (Å²) in [5.41, 5.74) is 7.61. The normalized spacial score (nSPS) is 22.7. The largest absolute Gasteiger partial charge is 0.350 e. The van der Waals surface area contributed by atoms with Crippen LogP contribution in [0.15, 0.2) is 54.9 Å². The van der Waals surface area contributed by atoms with Crippen LogP contribution in [-0.4, -0.2) is 45.8 Å². The molecular weight excluding hydrogens is 448 g/mol. The Kier molecular flexibility index (Phi) is 4.61. The van der Waals surface area contributed by atoms with Crippen LogP contribution in [0.5, 0.6) is 0 Å². The van der Waals surface area contributed by atoms with Crippen LogP contribution in [0.2, 0.25) is 0 Å². The van der Waals surface area contributed by atoms with Crippen molar-refractivity contribution in [3.05, 3.63) is 77.2 Å². The van der Waals surface area contributed by atoms with E-state index in [1.54, 1.807) is 0 Å². The molecule has 3 aliphatic rings. The third-order valence-corrected chi connectivity index (χ3v) is 8.70. The Labute approximate surface area is 210 Å². The van der Waals surface area contributed by atoms with Crippen LogP contribution in [0.4, 0.5) is 0 Å². The molecule has 4 aromatic rings. The number of pyridine rings is 1. The lowest BCUT2D eigenvalue weighted by molar-refractivity contribution is -0.122. The summed E-state index contributed by atoms with van der Waals surface area (Å²) in [6.07, 6.45) is 9.60. The summed E-state index contributed by atoms with van der Waals surface area (Å²) in [5.74, 6) is -0.597. The zero-order valence-corrected chi connectivity index (χ0v) is 20.8. The van der Waals surface area contributed by atoms with Crippen molar-refractivity contribution >= 4 is 39.4 Å². The number of hydrogen-bond donors (Lipinski definition) is 1. The summed E-state index contributed by atoms with van der Waals surface area (Å²) in [4.78, 5) is 29.4. The Morgan fingerprint density at radius 2 is 1.69 bits per heavy atom. The average Bonchev–Trinajstić information content (AvgIpc) is 3.46. The van der Waals surface area contributed by atoms with Crippen LogP contribution >= 0.6 is 0 Å². The van der Waals surface area contributed by atoms with Crippen LogP contribution in [0.1, 0.15) is 41.6 Å². The van der Waals surface area contributed by atoms with Crippen LogP contribution in [0, 0.1) is 5.41 Å². The number of fused-ring (bicyclic) bond motifs is 4. The van der Waals surface area contributed by atoms with Crippen molar-refractivity contribution in [1.29, 1.82) is 0 Å². The molecule has 1 aromatic carbocycles. The fourth-order valence-corrected chi connectivity index (χ4v) is 7.21. The first kappa shape index (κ1) is 21.6. The van der Waals surface area contributed by atoms with Gasteiger partial charge in [0.25, 0.3) is 11.8 Å². The number of benzene rings is 1. The molecule has 1 fully saturated rings. The molecule has 1 atom stereocenters. The minimum Gasteiger partial charge on any atom is -0.350 e. The van der Waals surface area contributed by atoms with Gasteiger partial charge >= 0.3 is 0 Å². The number of carbonyl (C=O) groups is 2. The van der Waals surface area contributed by atoms with E-state index in [0.29, 0.717) is 11.1 Å². The van der Waals surface area contributed by atoms with Crippen LogP contribution in [0.25, 0.3) is 27.6 Å². The predicted octanol–water partition coefficient (Wildman–Crippen LogP) is 4.20. The average molecular weight is 479 g/mol. The molecule has 7 rings (SSSR count). The van der Waals surface area contributed by atoms with Crippen molar-refractivity contribution in [2.45, 2.75) is 32.1 Å². The van der Waals surface area contributed by atoms with Crippen molar-refractivity contribution in [3.8, 4) is 0 Å². The standard InChI is InChI=1S/C30H30N4O2/c1-32-14-7-12-30(18-32)13-11-23-20(16-30)25(24-10-5-6-15-34(23)24)27-26(28(35)31-29(27)36)21-17-33(2)22-9-4-3-8-19(21)22/h3-6,8-10,15,17H,7,11-14,16,18H2,1-2H3,(H,31,35,36). The highest BCUT2D eigenvalue weighted by molar-refractivity contribution is 6.50. The molecule has 182 valence electrons. The number of carbonyl (C=O) groups excluding carboxylic acids is 2. The van der Waals surface area contributed by atoms with Gasteiger partial charge in [0.2, 0.25) is 0 Å². The second-order valence-corrected chi connectivity index (χ2v) is 11.0. The number of likely N-dealkylation sites (tertiary alicyclic amines) is 1. The van der Waals surface area contributed by atoms with E-state index in [-0.39, 0.29) is 17.2 Å². The van der Waals surface area contributed by atoms with E-state index < -0.39 is 0 Å². The van der Waals surface area contributed by atoms with Crippen LogP contribution in [-0.2, 0) is 29.5 Å². The monoisotopic (exact) mass is 478 g/mol. The molecule has 1 spiro atoms. The Morgan fingerprint density at radius 3 is 2.56 bits per heavy atom. The number of hydrogen-bond acceptors (Lipinski definition) is 3. The zero-order chi connectivity index (χ0) is 24.6. The summed E-state index contributed by atoms with van der Waals surface area (Å²) in [6, 6.07) is 14.2. The number of nitrogens with one attached hydrogen (secondary N) is 1. The molecule has 0 saturated carbocycles. The van der Waals surface area contributed by atoms with E-state index >= 15 is 0 Å². The van der Waals surface area contributed by atoms with Gasteiger partial charge in [0, 0.05) is 53.7 Å². The number of piperidine rings is 1. The molecule has 1 unspecified atom stereocenters. The van der Waals surface area contributed by atoms with E-state index in [4.69, 9.17) is 0 Å². The van der Waals surface area contributed by atoms with Gasteiger partial charge in [-0.3, -0.25) is 14.9 Å². The molecule has 2 aliphatic heterocycles. The van der Waals surface area contributed by atoms with Crippen molar-refractivity contribution in [2.75, 3.05) is 20.1 Å². The molecule has 0 radical (unpaired) electrons. The van der Waals surface area contributed by atoms with Crippen molar-refractivity contribution < 1.29 is 9.59 Å². The first-order valence-electron chi connectivity index (χ1n) is 12.9. The smallest absolute Gasteiger partial charge is 0.259 e. The van der Waals surface area contributed by atoms with Crippen molar-refractivity contribution in [1.82, 2.24) is 19.2 Å². The summed E-state index contributed by atoms with van der Waals surface area (Å²) < 4.78 is 4.29. The Hall–Kier alpha value is -3.64. The summed E-state index contributed by atoms with van der Waals surface area (Å²) >= 11 is 0. The SMILES string of the molecule is CN1CCCC2(CCc3c(c(C4=C(c5cn(C)c6ccccc56)C(=O)NC4=O)c4ccccn34)C2)C1. The molecule has 2 amide bonds. The molecule has 5 heterocycles. The maximum atomic E-state index is 13.5. The lowest BCUT2D eigenvalue weighted by atomic mass is 9.67. The number of amides is 2. The number of nitrogens with zero attached hydrogens (tertiary/aromatic N) is 3. The van der Waals surface area contributed by atoms with Gasteiger partial charge in [0.05, 0.1) is 16.7 Å². The van der Waals surface area contributed by atoms with Gasteiger partial charge in [-0.1, -0.05) is 24.3 Å². The minimum absolute atomic E-state index is 0.221. The highest BCUT2D eigenvalue weighted by Gasteiger charge is 2.43. The Balaban J connectivity index is 1.52. The molecule has 3 aromatic heterocycles. The highest BCUT2D eigenvalue weighted by atomic mass is 16.2. The second-order valence-electron chi connectivity index (χ2n) is 11.0. The highest BCUT2D eigenvalue weighted by Crippen LogP contribution is 2.47. The number of imide groups is 1. The van der Waals surface area contributed by atoms with E-state index in [9.17, 15) is 9.59 Å². The first-order valence-corrected chi connectivity index (χ1v) is 12.9. The number of rotatable bonds is 2. The van der Waals surface area contributed by atoms with Crippen LogP contribution in [0.3, 0.4) is 0 Å². The fraction of sp³-hybridized carbons (Fsp3) is 0.333. The molecular formula is C30H30N4O2. The molecule has 36 heavy (non-hydrogen) atoms. The predicted molar refractivity (Wildman–Crippen MR) is 141 cm³/mol. The molecule has 1 saturated heterocycles. The quantitative estimate of drug-likeness (QED) is 0.440. The van der Waals surface area contributed by atoms with Crippen LogP contribution < -0.4 is 5.32 Å². The third kappa shape index (κ3) is 3.00. The first-order chi connectivity index (χ1) is 17.5. The third-order valence-electron chi connectivity index (χ3n) is 8.70. The van der Waals surface area contributed by atoms with Gasteiger partial charge < -0.3 is 13.9 Å². The number of aromatic nitrogens is 2. The zero-order valence-electron chi connectivity index (χ0n) is 20.8. The van der Waals surface area contributed by atoms with Gasteiger partial charge in [-0.2, -0.15) is 0 Å². The maximum Gasteiger partial charge on any atom is 0.259 e. The number of aryl methyl sites for hydroxylation is 2. The van der Waals surface area contributed by atoms with E-state index in [1.807, 2.05) is 48.1 Å². The molecule has 1 N–H and O–H groups in total. The molecule has 0 bridgehead atoms. The van der Waals surface area contributed by atoms with Gasteiger partial charge in [0.1, 0.15) is 0 Å². The Morgan fingerprint density at radius 1 is 0.917 bits per heavy atom. The second kappa shape index (κ2) is 7.68. The summed E-state index contributed by atoms with van der Waals surface area (Å²) in [7, 11) is 4.21. The molecule has 6 nitrogen and oxygen atoms in total.